The maximum absolute atomic E-state index is 12.6. The first-order valence-corrected chi connectivity index (χ1v) is 8.90. The van der Waals surface area contributed by atoms with Crippen molar-refractivity contribution in [2.75, 3.05) is 44.3 Å². The zero-order valence-corrected chi connectivity index (χ0v) is 13.9. The van der Waals surface area contributed by atoms with Gasteiger partial charge in [-0.05, 0) is 19.3 Å². The van der Waals surface area contributed by atoms with E-state index in [4.69, 9.17) is 9.47 Å². The topological polar surface area (TPSA) is 67.8 Å². The van der Waals surface area contributed by atoms with Crippen molar-refractivity contribution in [1.82, 2.24) is 14.9 Å². The zero-order chi connectivity index (χ0) is 16.4. The van der Waals surface area contributed by atoms with E-state index < -0.39 is 5.79 Å². The van der Waals surface area contributed by atoms with E-state index in [1.807, 2.05) is 4.90 Å². The minimum atomic E-state index is -0.453. The smallest absolute Gasteiger partial charge is 0.256 e. The molecule has 0 unspecified atom stereocenters. The molecule has 130 valence electrons. The monoisotopic (exact) mass is 332 g/mol. The molecule has 3 aliphatic heterocycles. The molecule has 3 aliphatic rings. The Labute approximate surface area is 142 Å². The Morgan fingerprint density at radius 1 is 0.958 bits per heavy atom. The van der Waals surface area contributed by atoms with Gasteiger partial charge in [0.25, 0.3) is 5.91 Å². The van der Waals surface area contributed by atoms with Crippen molar-refractivity contribution in [3.05, 3.63) is 18.0 Å². The van der Waals surface area contributed by atoms with Crippen LogP contribution in [0.1, 0.15) is 42.5 Å². The van der Waals surface area contributed by atoms with Crippen molar-refractivity contribution in [3.63, 3.8) is 0 Å². The fraction of sp³-hybridized carbons (Fsp3) is 0.706. The molecule has 1 aromatic heterocycles. The molecule has 24 heavy (non-hydrogen) atoms. The molecule has 0 bridgehead atoms. The van der Waals surface area contributed by atoms with Crippen molar-refractivity contribution in [2.24, 2.45) is 0 Å². The molecule has 0 saturated carbocycles. The average Bonchev–Trinajstić information content (AvgIpc) is 3.11. The highest BCUT2D eigenvalue weighted by Crippen LogP contribution is 2.31. The summed E-state index contributed by atoms with van der Waals surface area (Å²) in [4.78, 5) is 25.5. The summed E-state index contributed by atoms with van der Waals surface area (Å²) < 4.78 is 11.4. The van der Waals surface area contributed by atoms with Crippen LogP contribution in [0.5, 0.6) is 0 Å². The summed E-state index contributed by atoms with van der Waals surface area (Å²) in [6.45, 7) is 4.60. The summed E-state index contributed by atoms with van der Waals surface area (Å²) in [6, 6.07) is 0. The van der Waals surface area contributed by atoms with Crippen molar-refractivity contribution in [3.8, 4) is 0 Å². The van der Waals surface area contributed by atoms with Gasteiger partial charge in [-0.2, -0.15) is 0 Å². The van der Waals surface area contributed by atoms with E-state index in [-0.39, 0.29) is 5.91 Å². The van der Waals surface area contributed by atoms with Gasteiger partial charge in [0.2, 0.25) is 5.95 Å². The minimum Gasteiger partial charge on any atom is -0.347 e. The lowest BCUT2D eigenvalue weighted by atomic mass is 10.0. The van der Waals surface area contributed by atoms with Crippen LogP contribution in [-0.2, 0) is 9.47 Å². The Hall–Kier alpha value is -1.73. The summed E-state index contributed by atoms with van der Waals surface area (Å²) >= 11 is 0. The van der Waals surface area contributed by atoms with E-state index in [1.54, 1.807) is 12.4 Å². The molecule has 0 N–H and O–H groups in total. The lowest BCUT2D eigenvalue weighted by molar-refractivity contribution is -0.181. The minimum absolute atomic E-state index is 0.00644. The van der Waals surface area contributed by atoms with Gasteiger partial charge < -0.3 is 19.3 Å². The predicted octanol–water partition coefficient (Wildman–Crippen LogP) is 1.45. The van der Waals surface area contributed by atoms with Gasteiger partial charge >= 0.3 is 0 Å². The van der Waals surface area contributed by atoms with E-state index in [1.165, 1.54) is 19.3 Å². The number of rotatable bonds is 2. The number of piperidine rings is 2. The lowest BCUT2D eigenvalue weighted by Gasteiger charge is -2.37. The van der Waals surface area contributed by atoms with Crippen LogP contribution in [0.4, 0.5) is 5.95 Å². The summed E-state index contributed by atoms with van der Waals surface area (Å²) in [5.41, 5.74) is 0.556. The first-order chi connectivity index (χ1) is 11.8. The first-order valence-electron chi connectivity index (χ1n) is 8.90. The van der Waals surface area contributed by atoms with Gasteiger partial charge in [0.1, 0.15) is 0 Å². The number of anilines is 1. The van der Waals surface area contributed by atoms with Crippen molar-refractivity contribution < 1.29 is 14.3 Å². The van der Waals surface area contributed by atoms with Gasteiger partial charge in [-0.3, -0.25) is 4.79 Å². The highest BCUT2D eigenvalue weighted by molar-refractivity contribution is 5.93. The Kier molecular flexibility index (Phi) is 4.37. The highest BCUT2D eigenvalue weighted by Gasteiger charge is 2.40. The summed E-state index contributed by atoms with van der Waals surface area (Å²) in [7, 11) is 0. The van der Waals surface area contributed by atoms with Gasteiger partial charge in [0.05, 0.1) is 18.8 Å². The average molecular weight is 332 g/mol. The quantitative estimate of drug-likeness (QED) is 0.816. The first kappa shape index (κ1) is 15.8. The van der Waals surface area contributed by atoms with E-state index in [2.05, 4.69) is 14.9 Å². The molecular formula is C17H24N4O3. The number of carbonyl (C=O) groups is 1. The molecule has 4 heterocycles. The Morgan fingerprint density at radius 3 is 2.21 bits per heavy atom. The van der Waals surface area contributed by atoms with Crippen molar-refractivity contribution >= 4 is 11.9 Å². The molecule has 4 rings (SSSR count). The van der Waals surface area contributed by atoms with Gasteiger partial charge in [0.15, 0.2) is 5.79 Å². The number of carbonyl (C=O) groups excluding carboxylic acids is 1. The Bertz CT molecular complexity index is 570. The molecule has 7 nitrogen and oxygen atoms in total. The van der Waals surface area contributed by atoms with Crippen LogP contribution in [0, 0.1) is 0 Å². The normalized spacial score (nSPS) is 23.7. The number of likely N-dealkylation sites (tertiary alicyclic amines) is 1. The largest absolute Gasteiger partial charge is 0.347 e. The lowest BCUT2D eigenvalue weighted by Crippen LogP contribution is -2.47. The molecule has 0 aromatic carbocycles. The van der Waals surface area contributed by atoms with E-state index in [9.17, 15) is 4.79 Å². The fourth-order valence-electron chi connectivity index (χ4n) is 3.71. The Balaban J connectivity index is 1.37. The molecule has 7 heteroatoms. The second kappa shape index (κ2) is 6.64. The SMILES string of the molecule is O=C(c1cnc(N2CCCCC2)nc1)N1CCC2(CC1)OCCO2. The standard InChI is InChI=1S/C17H24N4O3/c22-15(20-8-4-17(5-9-20)23-10-11-24-17)14-12-18-16(19-13-14)21-6-2-1-3-7-21/h12-13H,1-11H2. The third-order valence-corrected chi connectivity index (χ3v) is 5.15. The molecule has 0 atom stereocenters. The molecule has 0 radical (unpaired) electrons. The Morgan fingerprint density at radius 2 is 1.58 bits per heavy atom. The molecule has 3 saturated heterocycles. The van der Waals surface area contributed by atoms with Crippen LogP contribution in [0.25, 0.3) is 0 Å². The van der Waals surface area contributed by atoms with E-state index in [0.717, 1.165) is 31.9 Å². The molecule has 0 aliphatic carbocycles. The maximum Gasteiger partial charge on any atom is 0.256 e. The third kappa shape index (κ3) is 3.10. The van der Waals surface area contributed by atoms with Crippen LogP contribution >= 0.6 is 0 Å². The second-order valence-corrected chi connectivity index (χ2v) is 6.72. The molecule has 1 spiro atoms. The van der Waals surface area contributed by atoms with Gasteiger partial charge in [-0.15, -0.1) is 0 Å². The number of hydrogen-bond donors (Lipinski definition) is 0. The number of nitrogens with zero attached hydrogens (tertiary/aromatic N) is 4. The third-order valence-electron chi connectivity index (χ3n) is 5.15. The number of aromatic nitrogens is 2. The van der Waals surface area contributed by atoms with Gasteiger partial charge in [0, 0.05) is 51.4 Å². The van der Waals surface area contributed by atoms with Crippen LogP contribution in [0.2, 0.25) is 0 Å². The van der Waals surface area contributed by atoms with Gasteiger partial charge in [-0.25, -0.2) is 9.97 Å². The van der Waals surface area contributed by atoms with Crippen molar-refractivity contribution in [1.29, 1.82) is 0 Å². The van der Waals surface area contributed by atoms with E-state index >= 15 is 0 Å². The molecule has 1 aromatic rings. The predicted molar refractivity (Wildman–Crippen MR) is 87.9 cm³/mol. The zero-order valence-electron chi connectivity index (χ0n) is 13.9. The van der Waals surface area contributed by atoms with E-state index in [0.29, 0.717) is 31.9 Å². The summed E-state index contributed by atoms with van der Waals surface area (Å²) in [6.07, 6.45) is 8.42. The number of amides is 1. The van der Waals surface area contributed by atoms with Gasteiger partial charge in [-0.1, -0.05) is 0 Å². The van der Waals surface area contributed by atoms with Crippen LogP contribution in [0.15, 0.2) is 12.4 Å². The van der Waals surface area contributed by atoms with Crippen molar-refractivity contribution in [2.45, 2.75) is 37.9 Å². The summed E-state index contributed by atoms with van der Waals surface area (Å²) in [5.74, 6) is 0.274. The van der Waals surface area contributed by atoms with Crippen LogP contribution < -0.4 is 4.90 Å². The summed E-state index contributed by atoms with van der Waals surface area (Å²) in [5, 5.41) is 0. The van der Waals surface area contributed by atoms with Crippen LogP contribution in [-0.4, -0.2) is 66.0 Å². The number of ether oxygens (including phenoxy) is 2. The molecular weight excluding hydrogens is 308 g/mol. The molecule has 3 fully saturated rings. The molecule has 1 amide bonds. The highest BCUT2D eigenvalue weighted by atomic mass is 16.7. The number of hydrogen-bond acceptors (Lipinski definition) is 6. The second-order valence-electron chi connectivity index (χ2n) is 6.72. The maximum atomic E-state index is 12.6. The fourth-order valence-corrected chi connectivity index (χ4v) is 3.71. The van der Waals surface area contributed by atoms with Crippen LogP contribution in [0.3, 0.4) is 0 Å².